The van der Waals surface area contributed by atoms with Gasteiger partial charge in [-0.1, -0.05) is 17.3 Å². The Morgan fingerprint density at radius 3 is 2.62 bits per heavy atom. The van der Waals surface area contributed by atoms with Gasteiger partial charge >= 0.3 is 0 Å². The van der Waals surface area contributed by atoms with E-state index in [0.29, 0.717) is 46.8 Å². The van der Waals surface area contributed by atoms with Crippen molar-refractivity contribution in [1.29, 1.82) is 0 Å². The van der Waals surface area contributed by atoms with Gasteiger partial charge < -0.3 is 14.0 Å². The van der Waals surface area contributed by atoms with Crippen LogP contribution in [0.15, 0.2) is 45.8 Å². The van der Waals surface area contributed by atoms with E-state index in [9.17, 15) is 8.42 Å². The van der Waals surface area contributed by atoms with Gasteiger partial charge in [0.25, 0.3) is 0 Å². The molecule has 0 aliphatic carbocycles. The number of aromatic nitrogens is 2. The van der Waals surface area contributed by atoms with Crippen LogP contribution in [0.1, 0.15) is 35.8 Å². The molecular weight excluding hydrogens is 430 g/mol. The van der Waals surface area contributed by atoms with Gasteiger partial charge in [-0.25, -0.2) is 8.42 Å². The highest BCUT2D eigenvalue weighted by atomic mass is 32.2. The van der Waals surface area contributed by atoms with Gasteiger partial charge in [0.1, 0.15) is 0 Å². The summed E-state index contributed by atoms with van der Waals surface area (Å²) in [7, 11) is -0.480. The monoisotopic (exact) mass is 457 g/mol. The molecule has 3 aromatic rings. The molecule has 2 aromatic carbocycles. The Morgan fingerprint density at radius 2 is 1.91 bits per heavy atom. The van der Waals surface area contributed by atoms with Gasteiger partial charge in [-0.05, 0) is 62.1 Å². The fourth-order valence-electron chi connectivity index (χ4n) is 3.96. The highest BCUT2D eigenvalue weighted by Crippen LogP contribution is 2.37. The molecule has 1 aliphatic rings. The van der Waals surface area contributed by atoms with Crippen LogP contribution in [0.3, 0.4) is 0 Å². The largest absolute Gasteiger partial charge is 0.493 e. The second-order valence-electron chi connectivity index (χ2n) is 7.95. The lowest BCUT2D eigenvalue weighted by molar-refractivity contribution is 0.265. The van der Waals surface area contributed by atoms with E-state index < -0.39 is 10.0 Å². The van der Waals surface area contributed by atoms with Gasteiger partial charge in [0.05, 0.1) is 30.6 Å². The van der Waals surface area contributed by atoms with E-state index in [-0.39, 0.29) is 5.92 Å². The number of benzene rings is 2. The summed E-state index contributed by atoms with van der Waals surface area (Å²) in [4.78, 5) is 4.88. The molecule has 1 atom stereocenters. The lowest BCUT2D eigenvalue weighted by atomic mass is 10.00. The number of methoxy groups -OCH3 is 2. The van der Waals surface area contributed by atoms with Crippen molar-refractivity contribution < 1.29 is 22.4 Å². The van der Waals surface area contributed by atoms with Gasteiger partial charge in [0.2, 0.25) is 21.7 Å². The summed E-state index contributed by atoms with van der Waals surface area (Å²) in [5.41, 5.74) is 2.66. The van der Waals surface area contributed by atoms with Crippen LogP contribution >= 0.6 is 0 Å². The summed E-state index contributed by atoms with van der Waals surface area (Å²) < 4.78 is 44.4. The maximum atomic E-state index is 13.2. The van der Waals surface area contributed by atoms with E-state index in [1.165, 1.54) is 4.31 Å². The van der Waals surface area contributed by atoms with Crippen molar-refractivity contribution >= 4 is 10.0 Å². The predicted molar refractivity (Wildman–Crippen MR) is 119 cm³/mol. The molecule has 9 heteroatoms. The number of para-hydroxylation sites is 1. The summed E-state index contributed by atoms with van der Waals surface area (Å²) in [6.07, 6.45) is 1.49. The lowest BCUT2D eigenvalue weighted by Gasteiger charge is -2.30. The van der Waals surface area contributed by atoms with Crippen molar-refractivity contribution in [2.24, 2.45) is 0 Å². The summed E-state index contributed by atoms with van der Waals surface area (Å²) in [6, 6.07) is 10.7. The number of hydrogen-bond donors (Lipinski definition) is 0. The number of sulfonamides is 1. The average molecular weight is 458 g/mol. The van der Waals surface area contributed by atoms with E-state index >= 15 is 0 Å². The van der Waals surface area contributed by atoms with Crippen LogP contribution in [-0.4, -0.2) is 50.2 Å². The SMILES string of the molecule is COc1cccc(-c2noc(C3CCCN(S(=O)(=O)c4ccc(C)c(C)c4)C3)n2)c1OC. The minimum absolute atomic E-state index is 0.178. The molecule has 1 saturated heterocycles. The van der Waals surface area contributed by atoms with E-state index in [4.69, 9.17) is 14.0 Å². The van der Waals surface area contributed by atoms with Crippen molar-refractivity contribution in [1.82, 2.24) is 14.4 Å². The summed E-state index contributed by atoms with van der Waals surface area (Å²) >= 11 is 0. The lowest BCUT2D eigenvalue weighted by Crippen LogP contribution is -2.39. The first-order valence-electron chi connectivity index (χ1n) is 10.5. The van der Waals surface area contributed by atoms with Crippen molar-refractivity contribution in [3.8, 4) is 22.9 Å². The number of piperidine rings is 1. The smallest absolute Gasteiger partial charge is 0.243 e. The van der Waals surface area contributed by atoms with Crippen LogP contribution in [0.25, 0.3) is 11.4 Å². The van der Waals surface area contributed by atoms with E-state index in [0.717, 1.165) is 24.0 Å². The number of nitrogens with zero attached hydrogens (tertiary/aromatic N) is 3. The quantitative estimate of drug-likeness (QED) is 0.553. The van der Waals surface area contributed by atoms with Crippen LogP contribution in [0, 0.1) is 13.8 Å². The molecule has 0 radical (unpaired) electrons. The topological polar surface area (TPSA) is 94.8 Å². The van der Waals surface area contributed by atoms with Crippen LogP contribution in [0.2, 0.25) is 0 Å². The van der Waals surface area contributed by atoms with Crippen LogP contribution in [-0.2, 0) is 10.0 Å². The molecule has 4 rings (SSSR count). The molecule has 170 valence electrons. The first kappa shape index (κ1) is 22.3. The molecule has 1 aliphatic heterocycles. The molecule has 0 N–H and O–H groups in total. The van der Waals surface area contributed by atoms with Gasteiger partial charge in [-0.3, -0.25) is 0 Å². The molecule has 1 unspecified atom stereocenters. The zero-order chi connectivity index (χ0) is 22.9. The highest BCUT2D eigenvalue weighted by molar-refractivity contribution is 7.89. The third-order valence-electron chi connectivity index (χ3n) is 5.94. The number of aryl methyl sites for hydroxylation is 2. The maximum absolute atomic E-state index is 13.2. The number of rotatable bonds is 6. The Morgan fingerprint density at radius 1 is 1.09 bits per heavy atom. The molecular formula is C23H27N3O5S. The third-order valence-corrected chi connectivity index (χ3v) is 7.80. The number of hydrogen-bond acceptors (Lipinski definition) is 7. The normalized spacial score (nSPS) is 17.3. The first-order valence-corrected chi connectivity index (χ1v) is 11.9. The first-order chi connectivity index (χ1) is 15.3. The van der Waals surface area contributed by atoms with Gasteiger partial charge in [0.15, 0.2) is 11.5 Å². The summed E-state index contributed by atoms with van der Waals surface area (Å²) in [5, 5.41) is 4.12. The molecule has 0 spiro atoms. The van der Waals surface area contributed by atoms with Gasteiger partial charge in [-0.2, -0.15) is 9.29 Å². The number of ether oxygens (including phenoxy) is 2. The van der Waals surface area contributed by atoms with E-state index in [2.05, 4.69) is 10.1 Å². The molecule has 1 aromatic heterocycles. The van der Waals surface area contributed by atoms with Crippen LogP contribution in [0.4, 0.5) is 0 Å². The minimum atomic E-state index is -3.60. The Labute approximate surface area is 188 Å². The molecule has 0 saturated carbocycles. The van der Waals surface area contributed by atoms with E-state index in [1.54, 1.807) is 32.4 Å². The van der Waals surface area contributed by atoms with Crippen molar-refractivity contribution in [2.75, 3.05) is 27.3 Å². The maximum Gasteiger partial charge on any atom is 0.243 e. The molecule has 1 fully saturated rings. The zero-order valence-corrected chi connectivity index (χ0v) is 19.5. The van der Waals surface area contributed by atoms with Gasteiger partial charge in [0, 0.05) is 13.1 Å². The second kappa shape index (κ2) is 8.91. The Bertz CT molecular complexity index is 1220. The Balaban J connectivity index is 1.59. The molecule has 0 bridgehead atoms. The third kappa shape index (κ3) is 4.10. The zero-order valence-electron chi connectivity index (χ0n) is 18.7. The van der Waals surface area contributed by atoms with E-state index in [1.807, 2.05) is 32.0 Å². The van der Waals surface area contributed by atoms with Crippen molar-refractivity contribution in [2.45, 2.75) is 37.5 Å². The summed E-state index contributed by atoms with van der Waals surface area (Å²) in [5.74, 6) is 1.71. The standard InChI is InChI=1S/C23H27N3O5S/c1-15-10-11-18(13-16(15)2)32(27,28)26-12-6-7-17(14-26)23-24-22(25-31-23)19-8-5-9-20(29-3)21(19)30-4/h5,8-11,13,17H,6-7,12,14H2,1-4H3. The fourth-order valence-corrected chi connectivity index (χ4v) is 5.57. The fraction of sp³-hybridized carbons (Fsp3) is 0.391. The van der Waals surface area contributed by atoms with Crippen molar-refractivity contribution in [3.63, 3.8) is 0 Å². The molecule has 2 heterocycles. The average Bonchev–Trinajstić information content (AvgIpc) is 3.30. The van der Waals surface area contributed by atoms with Crippen LogP contribution in [0.5, 0.6) is 11.5 Å². The predicted octanol–water partition coefficient (Wildman–Crippen LogP) is 3.94. The van der Waals surface area contributed by atoms with Crippen molar-refractivity contribution in [3.05, 3.63) is 53.4 Å². The molecule has 32 heavy (non-hydrogen) atoms. The second-order valence-corrected chi connectivity index (χ2v) is 9.88. The minimum Gasteiger partial charge on any atom is -0.493 e. The molecule has 8 nitrogen and oxygen atoms in total. The Kier molecular flexibility index (Phi) is 6.21. The molecule has 0 amide bonds. The summed E-state index contributed by atoms with van der Waals surface area (Å²) in [6.45, 7) is 4.65. The van der Waals surface area contributed by atoms with Gasteiger partial charge in [-0.15, -0.1) is 0 Å². The highest BCUT2D eigenvalue weighted by Gasteiger charge is 2.33. The van der Waals surface area contributed by atoms with Crippen LogP contribution < -0.4 is 9.47 Å². The Hall–Kier alpha value is -2.91.